The third kappa shape index (κ3) is 2.25. The molecule has 0 aliphatic heterocycles. The fraction of sp³-hybridized carbons (Fsp3) is 0.111. The molecular weight excluding hydrogens is 227 g/mol. The Morgan fingerprint density at radius 3 is 2.64 bits per heavy atom. The largest absolute Gasteiger partial charge is 0.223 e. The zero-order chi connectivity index (χ0) is 10.8. The van der Waals surface area contributed by atoms with Gasteiger partial charge in [-0.1, -0.05) is 17.5 Å². The average Bonchev–Trinajstić information content (AvgIpc) is 2.09. The van der Waals surface area contributed by atoms with Crippen molar-refractivity contribution in [1.82, 2.24) is 0 Å². The fourth-order valence-electron chi connectivity index (χ4n) is 0.863. The van der Waals surface area contributed by atoms with Gasteiger partial charge in [-0.2, -0.15) is 0 Å². The minimum Gasteiger partial charge on any atom is -0.223 e. The highest BCUT2D eigenvalue weighted by Gasteiger charge is 2.14. The van der Waals surface area contributed by atoms with Crippen LogP contribution in [-0.2, 0) is 9.84 Å². The molecule has 2 nitrogen and oxygen atoms in total. The molecule has 0 aromatic heterocycles. The van der Waals surface area contributed by atoms with Crippen molar-refractivity contribution in [1.29, 1.82) is 0 Å². The Morgan fingerprint density at radius 1 is 1.50 bits per heavy atom. The molecule has 1 aromatic carbocycles. The molecule has 0 atom stereocenters. The molecular formula is C9H6ClFO2S. The number of benzene rings is 1. The maximum Gasteiger partial charge on any atom is 0.189 e. The summed E-state index contributed by atoms with van der Waals surface area (Å²) in [4.78, 5) is -0.0677. The van der Waals surface area contributed by atoms with Gasteiger partial charge in [0.2, 0.25) is 0 Å². The molecule has 0 fully saturated rings. The summed E-state index contributed by atoms with van der Waals surface area (Å²) in [6.07, 6.45) is 4.88. The fourth-order valence-corrected chi connectivity index (χ4v) is 2.07. The summed E-state index contributed by atoms with van der Waals surface area (Å²) in [5.74, 6) is 0.933. The van der Waals surface area contributed by atoms with Gasteiger partial charge < -0.3 is 0 Å². The molecule has 0 amide bonds. The van der Waals surface area contributed by atoms with Crippen molar-refractivity contribution in [3.63, 3.8) is 0 Å². The van der Waals surface area contributed by atoms with Gasteiger partial charge >= 0.3 is 0 Å². The molecule has 0 bridgehead atoms. The van der Waals surface area contributed by atoms with Gasteiger partial charge in [0, 0.05) is 0 Å². The van der Waals surface area contributed by atoms with Crippen molar-refractivity contribution in [3.8, 4) is 12.3 Å². The lowest BCUT2D eigenvalue weighted by atomic mass is 10.3. The number of sulfone groups is 1. The number of hydrogen-bond acceptors (Lipinski definition) is 2. The van der Waals surface area contributed by atoms with Gasteiger partial charge in [-0.25, -0.2) is 12.8 Å². The van der Waals surface area contributed by atoms with Crippen LogP contribution in [0.3, 0.4) is 0 Å². The van der Waals surface area contributed by atoms with Crippen LogP contribution in [0, 0.1) is 18.2 Å². The summed E-state index contributed by atoms with van der Waals surface area (Å²) in [5.41, 5.74) is 0. The minimum absolute atomic E-state index is 0.0677. The number of hydrogen-bond donors (Lipinski definition) is 0. The second-order valence-electron chi connectivity index (χ2n) is 2.54. The Labute approximate surface area is 86.6 Å². The van der Waals surface area contributed by atoms with Gasteiger partial charge in [0.05, 0.1) is 9.92 Å². The standard InChI is InChI=1S/C9H6ClFO2S/c1-2-5-14(12,13)7-3-4-9(11)8(10)6-7/h1,3-4,6H,5H2. The average molecular weight is 233 g/mol. The Hall–Kier alpha value is -1.05. The van der Waals surface area contributed by atoms with Crippen LogP contribution in [0.2, 0.25) is 5.02 Å². The molecule has 0 heterocycles. The van der Waals surface area contributed by atoms with E-state index in [-0.39, 0.29) is 9.92 Å². The van der Waals surface area contributed by atoms with Crippen molar-refractivity contribution >= 4 is 21.4 Å². The van der Waals surface area contributed by atoms with E-state index in [2.05, 4.69) is 0 Å². The highest BCUT2D eigenvalue weighted by molar-refractivity contribution is 7.91. The molecule has 0 saturated carbocycles. The number of rotatable bonds is 2. The van der Waals surface area contributed by atoms with E-state index in [1.165, 1.54) is 0 Å². The summed E-state index contributed by atoms with van der Waals surface area (Å²) >= 11 is 5.43. The zero-order valence-electron chi connectivity index (χ0n) is 7.00. The lowest BCUT2D eigenvalue weighted by molar-refractivity contribution is 0.598. The second-order valence-corrected chi connectivity index (χ2v) is 4.94. The number of halogens is 2. The molecule has 0 radical (unpaired) electrons. The van der Waals surface area contributed by atoms with Gasteiger partial charge in [-0.05, 0) is 18.2 Å². The first kappa shape index (κ1) is 11.0. The van der Waals surface area contributed by atoms with Crippen LogP contribution in [0.5, 0.6) is 0 Å². The Kier molecular flexibility index (Phi) is 3.14. The van der Waals surface area contributed by atoms with Crippen molar-refractivity contribution in [3.05, 3.63) is 29.0 Å². The van der Waals surface area contributed by atoms with Crippen molar-refractivity contribution < 1.29 is 12.8 Å². The van der Waals surface area contributed by atoms with Crippen LogP contribution in [0.25, 0.3) is 0 Å². The van der Waals surface area contributed by atoms with E-state index < -0.39 is 21.4 Å². The summed E-state index contributed by atoms with van der Waals surface area (Å²) in [6, 6.07) is 3.17. The van der Waals surface area contributed by atoms with E-state index in [1.54, 1.807) is 0 Å². The van der Waals surface area contributed by atoms with E-state index in [1.807, 2.05) is 5.92 Å². The smallest absolute Gasteiger partial charge is 0.189 e. The van der Waals surface area contributed by atoms with E-state index >= 15 is 0 Å². The SMILES string of the molecule is C#CCS(=O)(=O)c1ccc(F)c(Cl)c1. The van der Waals surface area contributed by atoms with Gasteiger partial charge in [0.25, 0.3) is 0 Å². The summed E-state index contributed by atoms with van der Waals surface area (Å²) in [7, 11) is -3.54. The molecule has 0 aliphatic carbocycles. The van der Waals surface area contributed by atoms with Crippen LogP contribution in [0.4, 0.5) is 4.39 Å². The third-order valence-corrected chi connectivity index (χ3v) is 3.33. The molecule has 0 spiro atoms. The maximum atomic E-state index is 12.7. The molecule has 0 unspecified atom stereocenters. The first-order valence-electron chi connectivity index (χ1n) is 3.58. The second kappa shape index (κ2) is 3.99. The Bertz CT molecular complexity index is 488. The topological polar surface area (TPSA) is 34.1 Å². The van der Waals surface area contributed by atoms with Gasteiger partial charge in [-0.3, -0.25) is 0 Å². The van der Waals surface area contributed by atoms with Crippen LogP contribution in [0.15, 0.2) is 23.1 Å². The monoisotopic (exact) mass is 232 g/mol. The van der Waals surface area contributed by atoms with Crippen molar-refractivity contribution in [2.45, 2.75) is 4.90 Å². The quantitative estimate of drug-likeness (QED) is 0.577. The van der Waals surface area contributed by atoms with E-state index in [4.69, 9.17) is 18.0 Å². The Balaban J connectivity index is 3.23. The van der Waals surface area contributed by atoms with Gasteiger partial charge in [0.1, 0.15) is 11.6 Å². The molecule has 1 aromatic rings. The number of terminal acetylenes is 1. The first-order chi connectivity index (χ1) is 6.47. The van der Waals surface area contributed by atoms with Gasteiger partial charge in [0.15, 0.2) is 9.84 Å². The van der Waals surface area contributed by atoms with E-state index in [9.17, 15) is 12.8 Å². The predicted molar refractivity (Wildman–Crippen MR) is 52.3 cm³/mol. The summed E-state index contributed by atoms with van der Waals surface area (Å²) < 4.78 is 35.4. The summed E-state index contributed by atoms with van der Waals surface area (Å²) in [6.45, 7) is 0. The minimum atomic E-state index is -3.54. The predicted octanol–water partition coefficient (Wildman–Crippen LogP) is 1.89. The zero-order valence-corrected chi connectivity index (χ0v) is 8.57. The molecule has 0 N–H and O–H groups in total. The van der Waals surface area contributed by atoms with Crippen molar-refractivity contribution in [2.75, 3.05) is 5.75 Å². The van der Waals surface area contributed by atoms with Crippen LogP contribution >= 0.6 is 11.6 Å². The van der Waals surface area contributed by atoms with Crippen LogP contribution < -0.4 is 0 Å². The molecule has 1 rings (SSSR count). The van der Waals surface area contributed by atoms with Crippen LogP contribution in [0.1, 0.15) is 0 Å². The van der Waals surface area contributed by atoms with Crippen LogP contribution in [-0.4, -0.2) is 14.2 Å². The molecule has 74 valence electrons. The molecule has 14 heavy (non-hydrogen) atoms. The Morgan fingerprint density at radius 2 is 2.14 bits per heavy atom. The van der Waals surface area contributed by atoms with Crippen molar-refractivity contribution in [2.24, 2.45) is 0 Å². The molecule has 0 saturated heterocycles. The first-order valence-corrected chi connectivity index (χ1v) is 5.61. The lowest BCUT2D eigenvalue weighted by Crippen LogP contribution is -2.04. The highest BCUT2D eigenvalue weighted by Crippen LogP contribution is 2.19. The normalized spacial score (nSPS) is 10.9. The van der Waals surface area contributed by atoms with Gasteiger partial charge in [-0.15, -0.1) is 6.42 Å². The van der Waals surface area contributed by atoms with E-state index in [0.717, 1.165) is 18.2 Å². The summed E-state index contributed by atoms with van der Waals surface area (Å²) in [5, 5.41) is -0.233. The lowest BCUT2D eigenvalue weighted by Gasteiger charge is -2.01. The molecule has 5 heteroatoms. The maximum absolute atomic E-state index is 12.7. The highest BCUT2D eigenvalue weighted by atomic mass is 35.5. The molecule has 0 aliphatic rings. The third-order valence-electron chi connectivity index (χ3n) is 1.52. The van der Waals surface area contributed by atoms with E-state index in [0.29, 0.717) is 0 Å².